The lowest BCUT2D eigenvalue weighted by Crippen LogP contribution is -2.33. The maximum absolute atomic E-state index is 12.8. The smallest absolute Gasteiger partial charge is 0.407 e. The fraction of sp³-hybridized carbons (Fsp3) is 0.667. The first-order chi connectivity index (χ1) is 20.1. The third-order valence-electron chi connectivity index (χ3n) is 5.52. The second kappa shape index (κ2) is 18.7. The number of amides is 4. The van der Waals surface area contributed by atoms with Crippen LogP contribution in [0.1, 0.15) is 101 Å². The Kier molecular flexibility index (Phi) is 16.2. The van der Waals surface area contributed by atoms with Crippen LogP contribution >= 0.6 is 0 Å². The number of nitrogens with one attached hydrogen (secondary N) is 3. The molecule has 0 fully saturated rings. The molecule has 0 spiro atoms. The number of carbonyl (C=O) groups excluding carboxylic acids is 4. The minimum atomic E-state index is -0.742. The maximum Gasteiger partial charge on any atom is 0.407 e. The van der Waals surface area contributed by atoms with Gasteiger partial charge in [0.1, 0.15) is 22.7 Å². The summed E-state index contributed by atoms with van der Waals surface area (Å²) in [5.74, 6) is -0.726. The number of unbranched alkanes of at least 4 members (excludes halogenated alkanes) is 4. The van der Waals surface area contributed by atoms with Crippen molar-refractivity contribution in [2.24, 2.45) is 11.5 Å². The molecule has 13 nitrogen and oxygen atoms in total. The van der Waals surface area contributed by atoms with Gasteiger partial charge in [-0.15, -0.1) is 0 Å². The Balaban J connectivity index is 2.71. The molecule has 0 radical (unpaired) electrons. The van der Waals surface area contributed by atoms with Gasteiger partial charge < -0.3 is 46.4 Å². The van der Waals surface area contributed by atoms with Crippen LogP contribution in [0.5, 0.6) is 11.5 Å². The molecule has 0 atom stereocenters. The second-order valence-electron chi connectivity index (χ2n) is 11.9. The normalized spacial score (nSPS) is 11.3. The van der Waals surface area contributed by atoms with Crippen LogP contribution in [-0.2, 0) is 9.47 Å². The highest BCUT2D eigenvalue weighted by Crippen LogP contribution is 2.30. The van der Waals surface area contributed by atoms with Gasteiger partial charge in [-0.05, 0) is 86.1 Å². The first kappa shape index (κ1) is 37.3. The Morgan fingerprint density at radius 1 is 0.651 bits per heavy atom. The second-order valence-corrected chi connectivity index (χ2v) is 11.9. The molecule has 7 N–H and O–H groups in total. The highest BCUT2D eigenvalue weighted by Gasteiger charge is 2.21. The van der Waals surface area contributed by atoms with Gasteiger partial charge in [0.05, 0.1) is 24.3 Å². The number of hydrogen-bond acceptors (Lipinski definition) is 9. The average Bonchev–Trinajstić information content (AvgIpc) is 2.88. The lowest BCUT2D eigenvalue weighted by atomic mass is 10.1. The monoisotopic (exact) mass is 609 g/mol. The van der Waals surface area contributed by atoms with Crippen molar-refractivity contribution in [3.8, 4) is 11.5 Å². The molecule has 0 saturated heterocycles. The standard InChI is InChI=1S/C30H51N5O8/c1-29(2,3)42-27(38)34-14-9-7-11-17-40-23-20-24(22(19-21(23)25(32)36)26(37)33-16-13-31)41-18-12-8-10-15-35-28(39)43-30(4,5)6/h19-20H,7-18,31H2,1-6H3,(H2,32,36)(H,33,37)(H,34,38)(H,35,39). The molecule has 0 aliphatic carbocycles. The van der Waals surface area contributed by atoms with Crippen molar-refractivity contribution in [2.45, 2.75) is 91.3 Å². The van der Waals surface area contributed by atoms with Crippen LogP contribution in [0.4, 0.5) is 9.59 Å². The molecule has 1 aromatic carbocycles. The van der Waals surface area contributed by atoms with Gasteiger partial charge in [0.25, 0.3) is 11.8 Å². The predicted octanol–water partition coefficient (Wildman–Crippen LogP) is 3.62. The molecule has 13 heteroatoms. The molecular weight excluding hydrogens is 558 g/mol. The molecule has 0 bridgehead atoms. The number of ether oxygens (including phenoxy) is 4. The summed E-state index contributed by atoms with van der Waals surface area (Å²) in [6, 6.07) is 2.87. The van der Waals surface area contributed by atoms with Gasteiger partial charge in [0, 0.05) is 32.2 Å². The largest absolute Gasteiger partial charge is 0.493 e. The average molecular weight is 610 g/mol. The third kappa shape index (κ3) is 17.1. The fourth-order valence-corrected chi connectivity index (χ4v) is 3.63. The predicted molar refractivity (Wildman–Crippen MR) is 164 cm³/mol. The van der Waals surface area contributed by atoms with Crippen LogP contribution < -0.4 is 36.9 Å². The van der Waals surface area contributed by atoms with Crippen LogP contribution in [0.25, 0.3) is 0 Å². The summed E-state index contributed by atoms with van der Waals surface area (Å²) in [4.78, 5) is 48.5. The summed E-state index contributed by atoms with van der Waals surface area (Å²) in [7, 11) is 0. The molecule has 0 unspecified atom stereocenters. The van der Waals surface area contributed by atoms with Gasteiger partial charge in [-0.2, -0.15) is 0 Å². The Hall–Kier alpha value is -3.74. The number of benzene rings is 1. The molecule has 1 rings (SSSR count). The van der Waals surface area contributed by atoms with Crippen LogP contribution in [0.2, 0.25) is 0 Å². The zero-order chi connectivity index (χ0) is 32.5. The number of rotatable bonds is 18. The van der Waals surface area contributed by atoms with Crippen molar-refractivity contribution in [1.82, 2.24) is 16.0 Å². The van der Waals surface area contributed by atoms with Gasteiger partial charge in [0.2, 0.25) is 0 Å². The Labute approximate surface area is 255 Å². The van der Waals surface area contributed by atoms with Crippen LogP contribution in [0, 0.1) is 0 Å². The van der Waals surface area contributed by atoms with Gasteiger partial charge in [0.15, 0.2) is 0 Å². The summed E-state index contributed by atoms with van der Waals surface area (Å²) in [6.45, 7) is 12.8. The molecule has 43 heavy (non-hydrogen) atoms. The van der Waals surface area contributed by atoms with Crippen LogP contribution in [0.3, 0.4) is 0 Å². The van der Waals surface area contributed by atoms with E-state index in [9.17, 15) is 19.2 Å². The summed E-state index contributed by atoms with van der Waals surface area (Å²) in [5.41, 5.74) is 10.2. The van der Waals surface area contributed by atoms with Gasteiger partial charge in [-0.25, -0.2) is 9.59 Å². The minimum absolute atomic E-state index is 0.0602. The zero-order valence-electron chi connectivity index (χ0n) is 26.6. The highest BCUT2D eigenvalue weighted by molar-refractivity contribution is 6.02. The van der Waals surface area contributed by atoms with Gasteiger partial charge in [-0.3, -0.25) is 9.59 Å². The zero-order valence-corrected chi connectivity index (χ0v) is 26.6. The van der Waals surface area contributed by atoms with E-state index in [4.69, 9.17) is 30.4 Å². The summed E-state index contributed by atoms with van der Waals surface area (Å²) >= 11 is 0. The molecule has 0 aromatic heterocycles. The van der Waals surface area contributed by atoms with E-state index in [0.29, 0.717) is 45.4 Å². The van der Waals surface area contributed by atoms with Crippen molar-refractivity contribution in [3.63, 3.8) is 0 Å². The summed E-state index contributed by atoms with van der Waals surface area (Å²) < 4.78 is 22.2. The highest BCUT2D eigenvalue weighted by atomic mass is 16.6. The van der Waals surface area contributed by atoms with Gasteiger partial charge >= 0.3 is 12.2 Å². The molecule has 0 aliphatic heterocycles. The van der Waals surface area contributed by atoms with Crippen molar-refractivity contribution >= 4 is 24.0 Å². The first-order valence-corrected chi connectivity index (χ1v) is 14.8. The van der Waals surface area contributed by atoms with E-state index >= 15 is 0 Å². The molecule has 0 aliphatic rings. The lowest BCUT2D eigenvalue weighted by molar-refractivity contribution is 0.0515. The van der Waals surface area contributed by atoms with Crippen molar-refractivity contribution in [3.05, 3.63) is 23.3 Å². The number of nitrogens with two attached hydrogens (primary N) is 2. The molecular formula is C30H51N5O8. The molecule has 4 amide bonds. The Bertz CT molecular complexity index is 1050. The summed E-state index contributed by atoms with van der Waals surface area (Å²) in [6.07, 6.45) is 3.34. The van der Waals surface area contributed by atoms with Crippen molar-refractivity contribution in [1.29, 1.82) is 0 Å². The number of primary amides is 1. The van der Waals surface area contributed by atoms with E-state index in [2.05, 4.69) is 16.0 Å². The maximum atomic E-state index is 12.8. The van der Waals surface area contributed by atoms with Crippen molar-refractivity contribution in [2.75, 3.05) is 39.4 Å². The van der Waals surface area contributed by atoms with E-state index in [-0.39, 0.29) is 42.3 Å². The number of carbonyl (C=O) groups is 4. The summed E-state index contributed by atoms with van der Waals surface area (Å²) in [5, 5.41) is 8.11. The molecule has 1 aromatic rings. The van der Waals surface area contributed by atoms with E-state index in [1.165, 1.54) is 12.1 Å². The number of alkyl carbamates (subject to hydrolysis) is 2. The van der Waals surface area contributed by atoms with E-state index in [0.717, 1.165) is 12.8 Å². The Morgan fingerprint density at radius 3 is 1.53 bits per heavy atom. The lowest BCUT2D eigenvalue weighted by Gasteiger charge is -2.19. The SMILES string of the molecule is CC(C)(C)OC(=O)NCCCCCOc1cc(OCCCCCNC(=O)OC(C)(C)C)c(C(=O)NCCN)cc1C(N)=O. The minimum Gasteiger partial charge on any atom is -0.493 e. The van der Waals surface area contributed by atoms with E-state index in [1.54, 1.807) is 41.5 Å². The molecule has 244 valence electrons. The fourth-order valence-electron chi connectivity index (χ4n) is 3.63. The Morgan fingerprint density at radius 2 is 1.12 bits per heavy atom. The van der Waals surface area contributed by atoms with Crippen LogP contribution in [-0.4, -0.2) is 74.6 Å². The third-order valence-corrected chi connectivity index (χ3v) is 5.52. The molecule has 0 saturated carbocycles. The first-order valence-electron chi connectivity index (χ1n) is 14.8. The molecule has 0 heterocycles. The van der Waals surface area contributed by atoms with E-state index < -0.39 is 35.2 Å². The quantitative estimate of drug-likeness (QED) is 0.155. The topological polar surface area (TPSA) is 193 Å². The van der Waals surface area contributed by atoms with Crippen molar-refractivity contribution < 1.29 is 38.1 Å². The van der Waals surface area contributed by atoms with E-state index in [1.807, 2.05) is 0 Å². The number of hydrogen-bond donors (Lipinski definition) is 5. The van der Waals surface area contributed by atoms with Gasteiger partial charge in [-0.1, -0.05) is 0 Å². The van der Waals surface area contributed by atoms with Crippen LogP contribution in [0.15, 0.2) is 12.1 Å².